The van der Waals surface area contributed by atoms with Gasteiger partial charge in [-0.25, -0.2) is 9.97 Å². The van der Waals surface area contributed by atoms with Gasteiger partial charge in [0.2, 0.25) is 5.91 Å². The van der Waals surface area contributed by atoms with Gasteiger partial charge >= 0.3 is 6.01 Å². The van der Waals surface area contributed by atoms with Crippen molar-refractivity contribution in [3.63, 3.8) is 0 Å². The lowest BCUT2D eigenvalue weighted by Crippen LogP contribution is -2.31. The van der Waals surface area contributed by atoms with Crippen molar-refractivity contribution < 1.29 is 14.3 Å². The Morgan fingerprint density at radius 3 is 2.71 bits per heavy atom. The van der Waals surface area contributed by atoms with Crippen molar-refractivity contribution in [2.45, 2.75) is 25.4 Å². The van der Waals surface area contributed by atoms with E-state index in [2.05, 4.69) is 9.97 Å². The molecule has 1 aliphatic heterocycles. The maximum Gasteiger partial charge on any atom is 0.316 e. The molecule has 1 atom stereocenters. The maximum atomic E-state index is 12.4. The molecule has 0 N–H and O–H groups in total. The number of aryl methyl sites for hydroxylation is 1. The molecule has 0 bridgehead atoms. The van der Waals surface area contributed by atoms with Gasteiger partial charge < -0.3 is 14.4 Å². The highest BCUT2D eigenvalue weighted by Crippen LogP contribution is 2.17. The van der Waals surface area contributed by atoms with Crippen LogP contribution < -0.4 is 9.47 Å². The number of amides is 1. The SMILES string of the molecule is COc1ccc(CCC(=O)N2CC[C@@H](Oc3ncccn3)C2)cc1. The molecule has 1 fully saturated rings. The average Bonchev–Trinajstić information content (AvgIpc) is 3.09. The Morgan fingerprint density at radius 2 is 2.00 bits per heavy atom. The lowest BCUT2D eigenvalue weighted by Gasteiger charge is -2.16. The van der Waals surface area contributed by atoms with E-state index in [0.29, 0.717) is 19.0 Å². The molecule has 0 saturated carbocycles. The van der Waals surface area contributed by atoms with Crippen molar-refractivity contribution in [3.8, 4) is 11.8 Å². The zero-order chi connectivity index (χ0) is 16.8. The standard InChI is InChI=1S/C18H21N3O3/c1-23-15-6-3-14(4-7-15)5-8-17(22)21-12-9-16(13-21)24-18-19-10-2-11-20-18/h2-4,6-7,10-11,16H,5,8-9,12-13H2,1H3/t16-/m1/s1. The third kappa shape index (κ3) is 4.22. The second-order valence-electron chi connectivity index (χ2n) is 5.75. The number of carbonyl (C=O) groups excluding carboxylic acids is 1. The molecule has 1 aromatic carbocycles. The van der Waals surface area contributed by atoms with E-state index in [1.165, 1.54) is 0 Å². The summed E-state index contributed by atoms with van der Waals surface area (Å²) in [5.74, 6) is 0.985. The zero-order valence-electron chi connectivity index (χ0n) is 13.7. The van der Waals surface area contributed by atoms with Gasteiger partial charge in [-0.3, -0.25) is 4.79 Å². The molecule has 0 radical (unpaired) electrons. The second-order valence-corrected chi connectivity index (χ2v) is 5.75. The number of likely N-dealkylation sites (tertiary alicyclic amines) is 1. The number of rotatable bonds is 6. The Morgan fingerprint density at radius 1 is 1.25 bits per heavy atom. The van der Waals surface area contributed by atoms with E-state index < -0.39 is 0 Å². The summed E-state index contributed by atoms with van der Waals surface area (Å²) in [5.41, 5.74) is 1.13. The van der Waals surface area contributed by atoms with Crippen LogP contribution in [0.5, 0.6) is 11.8 Å². The minimum Gasteiger partial charge on any atom is -0.497 e. The number of nitrogens with zero attached hydrogens (tertiary/aromatic N) is 3. The van der Waals surface area contributed by atoms with E-state index in [1.807, 2.05) is 29.2 Å². The lowest BCUT2D eigenvalue weighted by atomic mass is 10.1. The third-order valence-electron chi connectivity index (χ3n) is 4.10. The summed E-state index contributed by atoms with van der Waals surface area (Å²) in [6.07, 6.45) is 5.31. The Bertz CT molecular complexity index is 661. The predicted octanol–water partition coefficient (Wildman–Crippen LogP) is 2.10. The Balaban J connectivity index is 1.45. The van der Waals surface area contributed by atoms with Gasteiger partial charge in [0.05, 0.1) is 13.7 Å². The van der Waals surface area contributed by atoms with Crippen molar-refractivity contribution in [3.05, 3.63) is 48.3 Å². The summed E-state index contributed by atoms with van der Waals surface area (Å²) in [4.78, 5) is 22.3. The minimum absolute atomic E-state index is 0.0302. The highest BCUT2D eigenvalue weighted by atomic mass is 16.5. The van der Waals surface area contributed by atoms with Crippen LogP contribution in [-0.2, 0) is 11.2 Å². The number of aromatic nitrogens is 2. The zero-order valence-corrected chi connectivity index (χ0v) is 13.7. The molecular weight excluding hydrogens is 306 g/mol. The Hall–Kier alpha value is -2.63. The third-order valence-corrected chi connectivity index (χ3v) is 4.10. The molecule has 1 aromatic heterocycles. The smallest absolute Gasteiger partial charge is 0.316 e. The second kappa shape index (κ2) is 7.77. The van der Waals surface area contributed by atoms with Crippen LogP contribution >= 0.6 is 0 Å². The first-order valence-electron chi connectivity index (χ1n) is 8.09. The summed E-state index contributed by atoms with van der Waals surface area (Å²) in [6.45, 7) is 1.32. The van der Waals surface area contributed by atoms with Gasteiger partial charge in [-0.05, 0) is 30.2 Å². The Kier molecular flexibility index (Phi) is 5.25. The van der Waals surface area contributed by atoms with E-state index in [-0.39, 0.29) is 12.0 Å². The first-order chi connectivity index (χ1) is 11.7. The fourth-order valence-corrected chi connectivity index (χ4v) is 2.75. The van der Waals surface area contributed by atoms with Gasteiger partial charge in [0, 0.05) is 31.8 Å². The van der Waals surface area contributed by atoms with Crippen LogP contribution in [0.25, 0.3) is 0 Å². The van der Waals surface area contributed by atoms with Crippen LogP contribution in [0, 0.1) is 0 Å². The van der Waals surface area contributed by atoms with E-state index in [9.17, 15) is 4.79 Å². The van der Waals surface area contributed by atoms with Crippen LogP contribution in [0.15, 0.2) is 42.7 Å². The highest BCUT2D eigenvalue weighted by Gasteiger charge is 2.27. The van der Waals surface area contributed by atoms with E-state index in [0.717, 1.165) is 30.7 Å². The summed E-state index contributed by atoms with van der Waals surface area (Å²) in [7, 11) is 1.64. The van der Waals surface area contributed by atoms with Crippen LogP contribution in [0.2, 0.25) is 0 Å². The molecule has 2 aromatic rings. The topological polar surface area (TPSA) is 64.5 Å². The van der Waals surface area contributed by atoms with Gasteiger partial charge in [0.15, 0.2) is 0 Å². The van der Waals surface area contributed by atoms with Crippen molar-refractivity contribution in [1.29, 1.82) is 0 Å². The number of hydrogen-bond acceptors (Lipinski definition) is 5. The number of ether oxygens (including phenoxy) is 2. The molecule has 1 aliphatic rings. The molecule has 126 valence electrons. The fourth-order valence-electron chi connectivity index (χ4n) is 2.75. The first-order valence-corrected chi connectivity index (χ1v) is 8.09. The first kappa shape index (κ1) is 16.2. The highest BCUT2D eigenvalue weighted by molar-refractivity contribution is 5.76. The van der Waals surface area contributed by atoms with Crippen LogP contribution in [-0.4, -0.2) is 47.1 Å². The minimum atomic E-state index is -0.0302. The van der Waals surface area contributed by atoms with Gasteiger partial charge in [-0.1, -0.05) is 12.1 Å². The average molecular weight is 327 g/mol. The van der Waals surface area contributed by atoms with Crippen LogP contribution in [0.1, 0.15) is 18.4 Å². The Labute approximate surface area is 141 Å². The van der Waals surface area contributed by atoms with Crippen LogP contribution in [0.3, 0.4) is 0 Å². The lowest BCUT2D eigenvalue weighted by molar-refractivity contribution is -0.130. The number of methoxy groups -OCH3 is 1. The summed E-state index contributed by atoms with van der Waals surface area (Å²) in [5, 5.41) is 0. The van der Waals surface area contributed by atoms with Crippen molar-refractivity contribution in [1.82, 2.24) is 14.9 Å². The van der Waals surface area contributed by atoms with Crippen molar-refractivity contribution >= 4 is 5.91 Å². The van der Waals surface area contributed by atoms with E-state index in [1.54, 1.807) is 25.6 Å². The maximum absolute atomic E-state index is 12.4. The van der Waals surface area contributed by atoms with Gasteiger partial charge in [-0.2, -0.15) is 0 Å². The molecule has 24 heavy (non-hydrogen) atoms. The molecule has 6 nitrogen and oxygen atoms in total. The molecular formula is C18H21N3O3. The predicted molar refractivity (Wildman–Crippen MR) is 89.0 cm³/mol. The monoisotopic (exact) mass is 327 g/mol. The summed E-state index contributed by atoms with van der Waals surface area (Å²) >= 11 is 0. The number of carbonyl (C=O) groups is 1. The largest absolute Gasteiger partial charge is 0.497 e. The molecule has 0 spiro atoms. The molecule has 0 aliphatic carbocycles. The molecule has 0 unspecified atom stereocenters. The molecule has 6 heteroatoms. The van der Waals surface area contributed by atoms with E-state index in [4.69, 9.17) is 9.47 Å². The van der Waals surface area contributed by atoms with E-state index >= 15 is 0 Å². The van der Waals surface area contributed by atoms with Crippen molar-refractivity contribution in [2.75, 3.05) is 20.2 Å². The molecule has 3 rings (SSSR count). The summed E-state index contributed by atoms with van der Waals surface area (Å²) in [6, 6.07) is 9.94. The normalized spacial score (nSPS) is 16.9. The summed E-state index contributed by atoms with van der Waals surface area (Å²) < 4.78 is 10.9. The number of hydrogen-bond donors (Lipinski definition) is 0. The molecule has 1 amide bonds. The van der Waals surface area contributed by atoms with Gasteiger partial charge in [0.25, 0.3) is 0 Å². The fraction of sp³-hybridized carbons (Fsp3) is 0.389. The van der Waals surface area contributed by atoms with Gasteiger partial charge in [-0.15, -0.1) is 0 Å². The quantitative estimate of drug-likeness (QED) is 0.813. The van der Waals surface area contributed by atoms with Crippen LogP contribution in [0.4, 0.5) is 0 Å². The molecule has 1 saturated heterocycles. The number of benzene rings is 1. The van der Waals surface area contributed by atoms with Crippen molar-refractivity contribution in [2.24, 2.45) is 0 Å². The van der Waals surface area contributed by atoms with Gasteiger partial charge in [0.1, 0.15) is 11.9 Å². The molecule has 2 heterocycles.